The van der Waals surface area contributed by atoms with Crippen LogP contribution in [0.4, 0.5) is 16.2 Å². The van der Waals surface area contributed by atoms with Crippen molar-refractivity contribution in [2.75, 3.05) is 23.9 Å². The summed E-state index contributed by atoms with van der Waals surface area (Å²) in [5.41, 5.74) is 9.81. The largest absolute Gasteiger partial charge is 0.462 e. The summed E-state index contributed by atoms with van der Waals surface area (Å²) in [5, 5.41) is 3.61. The van der Waals surface area contributed by atoms with Crippen molar-refractivity contribution in [1.29, 1.82) is 0 Å². The molecule has 0 fully saturated rings. The zero-order valence-corrected chi connectivity index (χ0v) is 16.8. The van der Waals surface area contributed by atoms with Crippen molar-refractivity contribution in [2.24, 2.45) is 11.1 Å². The number of rotatable bonds is 4. The van der Waals surface area contributed by atoms with E-state index in [0.717, 1.165) is 28.9 Å². The smallest absolute Gasteiger partial charge is 0.338 e. The molecule has 0 aromatic heterocycles. The van der Waals surface area contributed by atoms with E-state index >= 15 is 0 Å². The lowest BCUT2D eigenvalue weighted by Crippen LogP contribution is -2.35. The van der Waals surface area contributed by atoms with E-state index in [1.165, 1.54) is 4.90 Å². The van der Waals surface area contributed by atoms with E-state index in [1.54, 1.807) is 20.0 Å². The van der Waals surface area contributed by atoms with Crippen LogP contribution in [0.2, 0.25) is 0 Å². The van der Waals surface area contributed by atoms with Crippen LogP contribution in [-0.2, 0) is 11.2 Å². The summed E-state index contributed by atoms with van der Waals surface area (Å²) in [6.07, 6.45) is 0.809. The van der Waals surface area contributed by atoms with Crippen molar-refractivity contribution < 1.29 is 14.3 Å². The van der Waals surface area contributed by atoms with Crippen LogP contribution in [0, 0.1) is 5.41 Å². The monoisotopic (exact) mass is 381 g/mol. The number of hydrogen-bond acceptors (Lipinski definition) is 4. The number of hydrogen-bond donors (Lipinski definition) is 2. The summed E-state index contributed by atoms with van der Waals surface area (Å²) in [4.78, 5) is 25.0. The molecular formula is C22H27N3O3. The van der Waals surface area contributed by atoms with Gasteiger partial charge in [0.1, 0.15) is 0 Å². The first-order chi connectivity index (χ1) is 13.2. The Kier molecular flexibility index (Phi) is 5.31. The maximum Gasteiger partial charge on any atom is 0.338 e. The number of carbonyl (C=O) groups is 2. The van der Waals surface area contributed by atoms with Gasteiger partial charge in [-0.1, -0.05) is 26.0 Å². The molecule has 2 amide bonds. The molecular weight excluding hydrogens is 354 g/mol. The van der Waals surface area contributed by atoms with Crippen LogP contribution in [0.5, 0.6) is 0 Å². The van der Waals surface area contributed by atoms with Gasteiger partial charge in [-0.2, -0.15) is 0 Å². The summed E-state index contributed by atoms with van der Waals surface area (Å²) in [7, 11) is 1.66. The number of benzene rings is 2. The molecule has 6 heteroatoms. The van der Waals surface area contributed by atoms with Gasteiger partial charge in [0.25, 0.3) is 0 Å². The molecule has 1 atom stereocenters. The molecule has 148 valence electrons. The second kappa shape index (κ2) is 7.54. The molecule has 2 aromatic carbocycles. The minimum absolute atomic E-state index is 0.0506. The average Bonchev–Trinajstić information content (AvgIpc) is 2.65. The molecule has 3 N–H and O–H groups in total. The predicted molar refractivity (Wildman–Crippen MR) is 111 cm³/mol. The number of anilines is 2. The maximum absolute atomic E-state index is 12.0. The van der Waals surface area contributed by atoms with E-state index in [0.29, 0.717) is 12.2 Å². The molecule has 0 saturated heterocycles. The molecule has 0 spiro atoms. The zero-order chi connectivity index (χ0) is 20.5. The van der Waals surface area contributed by atoms with Crippen LogP contribution in [-0.4, -0.2) is 25.7 Å². The fourth-order valence-electron chi connectivity index (χ4n) is 3.74. The number of primary amides is 1. The fourth-order valence-corrected chi connectivity index (χ4v) is 3.74. The lowest BCUT2D eigenvalue weighted by atomic mass is 9.72. The van der Waals surface area contributed by atoms with Gasteiger partial charge < -0.3 is 15.8 Å². The topological polar surface area (TPSA) is 84.7 Å². The van der Waals surface area contributed by atoms with E-state index in [1.807, 2.05) is 30.3 Å². The first-order valence-corrected chi connectivity index (χ1v) is 9.42. The molecule has 6 nitrogen and oxygen atoms in total. The van der Waals surface area contributed by atoms with E-state index in [2.05, 4.69) is 25.2 Å². The Morgan fingerprint density at radius 2 is 2.00 bits per heavy atom. The average molecular weight is 381 g/mol. The van der Waals surface area contributed by atoms with Crippen molar-refractivity contribution in [3.05, 3.63) is 59.2 Å². The van der Waals surface area contributed by atoms with Gasteiger partial charge in [-0.3, -0.25) is 4.90 Å². The molecule has 0 aliphatic carbocycles. The quantitative estimate of drug-likeness (QED) is 0.781. The summed E-state index contributed by atoms with van der Waals surface area (Å²) in [6.45, 7) is 6.54. The van der Waals surface area contributed by atoms with Crippen molar-refractivity contribution in [3.8, 4) is 0 Å². The molecule has 1 unspecified atom stereocenters. The van der Waals surface area contributed by atoms with Gasteiger partial charge in [0.15, 0.2) is 0 Å². The van der Waals surface area contributed by atoms with Crippen molar-refractivity contribution in [3.63, 3.8) is 0 Å². The Hall–Kier alpha value is -3.02. The van der Waals surface area contributed by atoms with E-state index in [4.69, 9.17) is 10.5 Å². The first kappa shape index (κ1) is 19.7. The Morgan fingerprint density at radius 3 is 2.68 bits per heavy atom. The Morgan fingerprint density at radius 1 is 1.25 bits per heavy atom. The third-order valence-corrected chi connectivity index (χ3v) is 5.27. The highest BCUT2D eigenvalue weighted by Crippen LogP contribution is 2.45. The molecule has 1 aliphatic rings. The highest BCUT2D eigenvalue weighted by atomic mass is 16.5. The van der Waals surface area contributed by atoms with Gasteiger partial charge in [-0.25, -0.2) is 9.59 Å². The number of amides is 2. The molecule has 1 heterocycles. The van der Waals surface area contributed by atoms with Crippen LogP contribution in [0.1, 0.15) is 48.3 Å². The van der Waals surface area contributed by atoms with E-state index in [9.17, 15) is 9.59 Å². The number of nitrogens with one attached hydrogen (secondary N) is 1. The van der Waals surface area contributed by atoms with Gasteiger partial charge in [0, 0.05) is 18.4 Å². The number of nitrogens with zero attached hydrogens (tertiary/aromatic N) is 1. The normalized spacial score (nSPS) is 17.2. The number of carbonyl (C=O) groups excluding carboxylic acids is 2. The van der Waals surface area contributed by atoms with Gasteiger partial charge in [-0.15, -0.1) is 0 Å². The van der Waals surface area contributed by atoms with Crippen LogP contribution in [0.25, 0.3) is 0 Å². The number of esters is 1. The third kappa shape index (κ3) is 3.81. The van der Waals surface area contributed by atoms with Crippen molar-refractivity contribution in [1.82, 2.24) is 0 Å². The predicted octanol–water partition coefficient (Wildman–Crippen LogP) is 4.11. The molecule has 0 bridgehead atoms. The van der Waals surface area contributed by atoms with E-state index in [-0.39, 0.29) is 17.4 Å². The SMILES string of the molecule is CCOC(=O)c1ccc2c(c1)CC(C)(C)C(c1cccc(N(C)C(N)=O)c1)N2. The third-order valence-electron chi connectivity index (χ3n) is 5.27. The molecule has 1 aliphatic heterocycles. The molecule has 3 rings (SSSR count). The van der Waals surface area contributed by atoms with Gasteiger partial charge in [-0.05, 0) is 60.2 Å². The van der Waals surface area contributed by atoms with Crippen molar-refractivity contribution >= 4 is 23.4 Å². The Bertz CT molecular complexity index is 908. The Balaban J connectivity index is 1.93. The molecule has 2 aromatic rings. The highest BCUT2D eigenvalue weighted by Gasteiger charge is 2.36. The Labute approximate surface area is 165 Å². The van der Waals surface area contributed by atoms with Gasteiger partial charge >= 0.3 is 12.0 Å². The van der Waals surface area contributed by atoms with Crippen LogP contribution < -0.4 is 16.0 Å². The first-order valence-electron chi connectivity index (χ1n) is 9.42. The van der Waals surface area contributed by atoms with Gasteiger partial charge in [0.2, 0.25) is 0 Å². The highest BCUT2D eigenvalue weighted by molar-refractivity contribution is 5.91. The number of ether oxygens (including phenoxy) is 1. The van der Waals surface area contributed by atoms with E-state index < -0.39 is 6.03 Å². The maximum atomic E-state index is 12.0. The number of fused-ring (bicyclic) bond motifs is 1. The van der Waals surface area contributed by atoms with Crippen LogP contribution in [0.3, 0.4) is 0 Å². The number of nitrogens with two attached hydrogens (primary N) is 1. The summed E-state index contributed by atoms with van der Waals surface area (Å²) in [5.74, 6) is -0.299. The molecule has 0 radical (unpaired) electrons. The minimum atomic E-state index is -0.496. The zero-order valence-electron chi connectivity index (χ0n) is 16.8. The molecule has 0 saturated carbocycles. The second-order valence-corrected chi connectivity index (χ2v) is 7.83. The summed E-state index contributed by atoms with van der Waals surface area (Å²) >= 11 is 0. The summed E-state index contributed by atoms with van der Waals surface area (Å²) < 4.78 is 5.11. The molecule has 28 heavy (non-hydrogen) atoms. The van der Waals surface area contributed by atoms with Crippen molar-refractivity contribution in [2.45, 2.75) is 33.2 Å². The van der Waals surface area contributed by atoms with Crippen LogP contribution >= 0.6 is 0 Å². The summed E-state index contributed by atoms with van der Waals surface area (Å²) in [6, 6.07) is 13.0. The standard InChI is InChI=1S/C22H27N3O3/c1-5-28-20(26)15-9-10-18-16(11-15)13-22(2,3)19(24-18)14-7-6-8-17(12-14)25(4)21(23)27/h6-12,19,24H,5,13H2,1-4H3,(H2,23,27). The lowest BCUT2D eigenvalue weighted by Gasteiger charge is -2.41. The second-order valence-electron chi connectivity index (χ2n) is 7.83. The minimum Gasteiger partial charge on any atom is -0.462 e. The van der Waals surface area contributed by atoms with Gasteiger partial charge in [0.05, 0.1) is 18.2 Å². The van der Waals surface area contributed by atoms with Crippen LogP contribution in [0.15, 0.2) is 42.5 Å². The lowest BCUT2D eigenvalue weighted by molar-refractivity contribution is 0.0526. The fraction of sp³-hybridized carbons (Fsp3) is 0.364. The number of urea groups is 1.